The van der Waals surface area contributed by atoms with Crippen LogP contribution in [0.4, 0.5) is 5.69 Å². The number of aromatic nitrogens is 2. The third kappa shape index (κ3) is 5.25. The number of nitrogens with zero attached hydrogens (tertiary/aromatic N) is 4. The van der Waals surface area contributed by atoms with Gasteiger partial charge in [-0.15, -0.1) is 0 Å². The van der Waals surface area contributed by atoms with Gasteiger partial charge in [-0.3, -0.25) is 9.78 Å². The van der Waals surface area contributed by atoms with Crippen molar-refractivity contribution >= 4 is 11.6 Å². The molecule has 2 aromatic heterocycles. The van der Waals surface area contributed by atoms with Crippen LogP contribution in [-0.4, -0.2) is 60.2 Å². The standard InChI is InChI=1S/C26H31N5O2/c32-26(31-14-12-30(13-15-31)23-6-2-1-3-7-23)17-20-9-11-27-19-21(20)16-22-18-25(33-29-22)24-8-4-5-10-28-24/h1-8,10,18,20-21,27H,9,11-17,19H2/t20-,21-/m0/s1. The monoisotopic (exact) mass is 445 g/mol. The Bertz CT molecular complexity index is 1030. The molecule has 7 heteroatoms. The highest BCUT2D eigenvalue weighted by Crippen LogP contribution is 2.28. The van der Waals surface area contributed by atoms with Crippen molar-refractivity contribution < 1.29 is 9.32 Å². The largest absolute Gasteiger partial charge is 0.368 e. The molecule has 0 saturated carbocycles. The van der Waals surface area contributed by atoms with Crippen LogP contribution in [-0.2, 0) is 11.2 Å². The van der Waals surface area contributed by atoms with E-state index in [1.54, 1.807) is 6.20 Å². The van der Waals surface area contributed by atoms with Crippen LogP contribution >= 0.6 is 0 Å². The third-order valence-corrected chi connectivity index (χ3v) is 6.90. The minimum Gasteiger partial charge on any atom is -0.368 e. The lowest BCUT2D eigenvalue weighted by molar-refractivity contribution is -0.133. The molecule has 2 fully saturated rings. The number of para-hydroxylation sites is 1. The Hall–Kier alpha value is -3.19. The van der Waals surface area contributed by atoms with Crippen LogP contribution in [0.3, 0.4) is 0 Å². The summed E-state index contributed by atoms with van der Waals surface area (Å²) in [4.78, 5) is 21.9. The number of rotatable bonds is 6. The van der Waals surface area contributed by atoms with E-state index in [1.807, 2.05) is 35.2 Å². The number of piperidine rings is 1. The van der Waals surface area contributed by atoms with Crippen molar-refractivity contribution in [3.05, 3.63) is 66.5 Å². The van der Waals surface area contributed by atoms with Crippen molar-refractivity contribution in [1.82, 2.24) is 20.4 Å². The van der Waals surface area contributed by atoms with Crippen molar-refractivity contribution in [2.24, 2.45) is 11.8 Å². The second kappa shape index (κ2) is 10.2. The first-order valence-corrected chi connectivity index (χ1v) is 11.9. The summed E-state index contributed by atoms with van der Waals surface area (Å²) in [5, 5.41) is 7.78. The van der Waals surface area contributed by atoms with Gasteiger partial charge in [0.1, 0.15) is 5.69 Å². The van der Waals surface area contributed by atoms with E-state index in [1.165, 1.54) is 5.69 Å². The minimum absolute atomic E-state index is 0.286. The van der Waals surface area contributed by atoms with Crippen LogP contribution in [0.15, 0.2) is 65.3 Å². The molecule has 2 atom stereocenters. The Kier molecular flexibility index (Phi) is 6.67. The van der Waals surface area contributed by atoms with Gasteiger partial charge in [-0.1, -0.05) is 29.4 Å². The Morgan fingerprint density at radius 2 is 1.85 bits per heavy atom. The van der Waals surface area contributed by atoms with Crippen LogP contribution in [0.2, 0.25) is 0 Å². The zero-order valence-corrected chi connectivity index (χ0v) is 18.9. The molecule has 4 heterocycles. The van der Waals surface area contributed by atoms with E-state index in [4.69, 9.17) is 4.52 Å². The zero-order valence-electron chi connectivity index (χ0n) is 18.9. The van der Waals surface area contributed by atoms with Gasteiger partial charge in [0, 0.05) is 50.6 Å². The summed E-state index contributed by atoms with van der Waals surface area (Å²) in [6.07, 6.45) is 4.20. The molecule has 2 saturated heterocycles. The second-order valence-electron chi connectivity index (χ2n) is 9.02. The van der Waals surface area contributed by atoms with E-state index in [9.17, 15) is 4.79 Å². The van der Waals surface area contributed by atoms with E-state index in [-0.39, 0.29) is 5.91 Å². The SMILES string of the molecule is O=C(C[C@@H]1CCNC[C@@H]1Cc1cc(-c2ccccn2)on1)N1CCN(c2ccccc2)CC1. The van der Waals surface area contributed by atoms with Crippen LogP contribution in [0.1, 0.15) is 18.5 Å². The molecule has 3 aromatic rings. The fourth-order valence-electron chi connectivity index (χ4n) is 5.00. The molecule has 33 heavy (non-hydrogen) atoms. The van der Waals surface area contributed by atoms with Crippen molar-refractivity contribution in [3.8, 4) is 11.5 Å². The molecule has 1 aromatic carbocycles. The molecule has 172 valence electrons. The van der Waals surface area contributed by atoms with Gasteiger partial charge in [-0.25, -0.2) is 0 Å². The zero-order chi connectivity index (χ0) is 22.5. The normalized spacial score (nSPS) is 21.2. The number of pyridine rings is 1. The molecule has 0 bridgehead atoms. The van der Waals surface area contributed by atoms with E-state index in [2.05, 4.69) is 44.6 Å². The van der Waals surface area contributed by atoms with Crippen LogP contribution in [0.25, 0.3) is 11.5 Å². The fraction of sp³-hybridized carbons (Fsp3) is 0.423. The molecule has 2 aliphatic rings. The van der Waals surface area contributed by atoms with Gasteiger partial charge in [0.25, 0.3) is 0 Å². The first-order chi connectivity index (χ1) is 16.3. The van der Waals surface area contributed by atoms with Crippen LogP contribution in [0, 0.1) is 11.8 Å². The quantitative estimate of drug-likeness (QED) is 0.628. The number of carbonyl (C=O) groups excluding carboxylic acids is 1. The molecule has 2 aliphatic heterocycles. The summed E-state index contributed by atoms with van der Waals surface area (Å²) in [5.41, 5.74) is 2.96. The Balaban J connectivity index is 1.17. The molecule has 1 N–H and O–H groups in total. The molecule has 5 rings (SSSR count). The van der Waals surface area contributed by atoms with E-state index >= 15 is 0 Å². The molecular weight excluding hydrogens is 414 g/mol. The van der Waals surface area contributed by atoms with Crippen LogP contribution in [0.5, 0.6) is 0 Å². The Morgan fingerprint density at radius 3 is 2.64 bits per heavy atom. The van der Waals surface area contributed by atoms with Crippen LogP contribution < -0.4 is 10.2 Å². The molecular formula is C26H31N5O2. The number of hydrogen-bond donors (Lipinski definition) is 1. The van der Waals surface area contributed by atoms with Crippen molar-refractivity contribution in [1.29, 1.82) is 0 Å². The van der Waals surface area contributed by atoms with Gasteiger partial charge in [0.2, 0.25) is 5.91 Å². The summed E-state index contributed by atoms with van der Waals surface area (Å²) in [5.74, 6) is 1.71. The summed E-state index contributed by atoms with van der Waals surface area (Å²) in [6.45, 7) is 5.24. The van der Waals surface area contributed by atoms with Gasteiger partial charge >= 0.3 is 0 Å². The van der Waals surface area contributed by atoms with Gasteiger partial charge in [-0.2, -0.15) is 0 Å². The number of anilines is 1. The van der Waals surface area contributed by atoms with Crippen molar-refractivity contribution in [2.75, 3.05) is 44.2 Å². The van der Waals surface area contributed by atoms with Gasteiger partial charge in [-0.05, 0) is 62.0 Å². The lowest BCUT2D eigenvalue weighted by atomic mass is 9.81. The number of benzene rings is 1. The van der Waals surface area contributed by atoms with Crippen molar-refractivity contribution in [2.45, 2.75) is 19.3 Å². The Labute approximate surface area is 194 Å². The maximum Gasteiger partial charge on any atom is 0.222 e. The first kappa shape index (κ1) is 21.6. The average molecular weight is 446 g/mol. The number of amides is 1. The van der Waals surface area contributed by atoms with Gasteiger partial charge in [0.15, 0.2) is 5.76 Å². The van der Waals surface area contributed by atoms with Gasteiger partial charge < -0.3 is 19.6 Å². The highest BCUT2D eigenvalue weighted by molar-refractivity contribution is 5.77. The van der Waals surface area contributed by atoms with Crippen molar-refractivity contribution in [3.63, 3.8) is 0 Å². The smallest absolute Gasteiger partial charge is 0.222 e. The first-order valence-electron chi connectivity index (χ1n) is 11.9. The summed E-state index contributed by atoms with van der Waals surface area (Å²) >= 11 is 0. The summed E-state index contributed by atoms with van der Waals surface area (Å²) in [7, 11) is 0. The predicted octanol–water partition coefficient (Wildman–Crippen LogP) is 3.24. The van der Waals surface area contributed by atoms with E-state index in [0.29, 0.717) is 24.0 Å². The highest BCUT2D eigenvalue weighted by Gasteiger charge is 2.30. The Morgan fingerprint density at radius 1 is 1.03 bits per heavy atom. The lowest BCUT2D eigenvalue weighted by Gasteiger charge is -2.38. The average Bonchev–Trinajstić information content (AvgIpc) is 3.35. The lowest BCUT2D eigenvalue weighted by Crippen LogP contribution is -2.50. The number of hydrogen-bond acceptors (Lipinski definition) is 6. The summed E-state index contributed by atoms with van der Waals surface area (Å²) in [6, 6.07) is 18.2. The molecule has 0 aliphatic carbocycles. The maximum atomic E-state index is 13.1. The van der Waals surface area contributed by atoms with E-state index < -0.39 is 0 Å². The highest BCUT2D eigenvalue weighted by atomic mass is 16.5. The van der Waals surface area contributed by atoms with Gasteiger partial charge in [0.05, 0.1) is 5.69 Å². The molecule has 7 nitrogen and oxygen atoms in total. The minimum atomic E-state index is 0.286. The molecule has 1 amide bonds. The second-order valence-corrected chi connectivity index (χ2v) is 9.02. The topological polar surface area (TPSA) is 74.5 Å². The maximum absolute atomic E-state index is 13.1. The fourth-order valence-corrected chi connectivity index (χ4v) is 5.00. The molecule has 0 spiro atoms. The molecule has 0 radical (unpaired) electrons. The molecule has 0 unspecified atom stereocenters. The predicted molar refractivity (Wildman–Crippen MR) is 128 cm³/mol. The third-order valence-electron chi connectivity index (χ3n) is 6.90. The summed E-state index contributed by atoms with van der Waals surface area (Å²) < 4.78 is 5.54. The number of carbonyl (C=O) groups is 1. The number of nitrogens with one attached hydrogen (secondary N) is 1. The van der Waals surface area contributed by atoms with E-state index in [0.717, 1.165) is 63.5 Å². The number of piperazine rings is 1.